The highest BCUT2D eigenvalue weighted by Gasteiger charge is 2.08. The maximum atomic E-state index is 12.3. The SMILES string of the molecule is O=C(N/N=C/c1ccc(O)cc1O)c1cccc2ccccc12. The molecule has 3 aromatic carbocycles. The van der Waals surface area contributed by atoms with E-state index in [2.05, 4.69) is 10.5 Å². The van der Waals surface area contributed by atoms with Crippen molar-refractivity contribution in [2.24, 2.45) is 5.10 Å². The number of hydrogen-bond acceptors (Lipinski definition) is 4. The molecule has 3 rings (SSSR count). The van der Waals surface area contributed by atoms with Crippen LogP contribution in [0.4, 0.5) is 0 Å². The lowest BCUT2D eigenvalue weighted by atomic mass is 10.0. The molecular weight excluding hydrogens is 292 g/mol. The van der Waals surface area contributed by atoms with E-state index >= 15 is 0 Å². The van der Waals surface area contributed by atoms with E-state index in [9.17, 15) is 15.0 Å². The van der Waals surface area contributed by atoms with Gasteiger partial charge in [-0.3, -0.25) is 4.79 Å². The fourth-order valence-electron chi connectivity index (χ4n) is 2.29. The first kappa shape index (κ1) is 14.6. The van der Waals surface area contributed by atoms with Crippen LogP contribution in [-0.2, 0) is 0 Å². The predicted molar refractivity (Wildman–Crippen MR) is 88.8 cm³/mol. The summed E-state index contributed by atoms with van der Waals surface area (Å²) in [5.41, 5.74) is 3.35. The summed E-state index contributed by atoms with van der Waals surface area (Å²) >= 11 is 0. The van der Waals surface area contributed by atoms with Gasteiger partial charge >= 0.3 is 0 Å². The average Bonchev–Trinajstić information content (AvgIpc) is 2.56. The number of phenols is 2. The van der Waals surface area contributed by atoms with Crippen LogP contribution >= 0.6 is 0 Å². The quantitative estimate of drug-likeness (QED) is 0.514. The molecule has 0 spiro atoms. The molecule has 114 valence electrons. The summed E-state index contributed by atoms with van der Waals surface area (Å²) < 4.78 is 0. The minimum Gasteiger partial charge on any atom is -0.508 e. The zero-order chi connectivity index (χ0) is 16.2. The highest BCUT2D eigenvalue weighted by atomic mass is 16.3. The van der Waals surface area contributed by atoms with Crippen molar-refractivity contribution in [3.05, 3.63) is 71.8 Å². The number of carbonyl (C=O) groups excluding carboxylic acids is 1. The van der Waals surface area contributed by atoms with Crippen molar-refractivity contribution in [3.8, 4) is 11.5 Å². The lowest BCUT2D eigenvalue weighted by Crippen LogP contribution is -2.17. The Hall–Kier alpha value is -3.34. The first-order valence-electron chi connectivity index (χ1n) is 6.98. The van der Waals surface area contributed by atoms with Crippen molar-refractivity contribution >= 4 is 22.9 Å². The molecule has 5 heteroatoms. The molecule has 23 heavy (non-hydrogen) atoms. The van der Waals surface area contributed by atoms with Crippen LogP contribution in [0.3, 0.4) is 0 Å². The number of hydrazone groups is 1. The van der Waals surface area contributed by atoms with Gasteiger partial charge in [-0.2, -0.15) is 5.10 Å². The Morgan fingerprint density at radius 2 is 1.78 bits per heavy atom. The number of amides is 1. The van der Waals surface area contributed by atoms with Gasteiger partial charge in [0, 0.05) is 17.2 Å². The number of fused-ring (bicyclic) bond motifs is 1. The van der Waals surface area contributed by atoms with Crippen LogP contribution in [0, 0.1) is 0 Å². The molecule has 0 radical (unpaired) electrons. The van der Waals surface area contributed by atoms with Crippen LogP contribution in [-0.4, -0.2) is 22.3 Å². The minimum absolute atomic E-state index is 0.0422. The summed E-state index contributed by atoms with van der Waals surface area (Å²) in [5, 5.41) is 24.5. The van der Waals surface area contributed by atoms with Gasteiger partial charge in [0.25, 0.3) is 5.91 Å². The number of hydrogen-bond donors (Lipinski definition) is 3. The number of phenolic OH excluding ortho intramolecular Hbond substituents is 2. The Morgan fingerprint density at radius 1 is 1.00 bits per heavy atom. The van der Waals surface area contributed by atoms with E-state index in [0.29, 0.717) is 11.1 Å². The molecule has 0 aliphatic rings. The zero-order valence-corrected chi connectivity index (χ0v) is 12.1. The molecule has 1 amide bonds. The van der Waals surface area contributed by atoms with Gasteiger partial charge in [-0.25, -0.2) is 5.43 Å². The molecule has 0 atom stereocenters. The summed E-state index contributed by atoms with van der Waals surface area (Å²) in [7, 11) is 0. The maximum Gasteiger partial charge on any atom is 0.271 e. The van der Waals surface area contributed by atoms with Crippen molar-refractivity contribution in [2.45, 2.75) is 0 Å². The third-order valence-electron chi connectivity index (χ3n) is 3.42. The first-order valence-corrected chi connectivity index (χ1v) is 6.98. The number of rotatable bonds is 3. The lowest BCUT2D eigenvalue weighted by Gasteiger charge is -2.05. The third kappa shape index (κ3) is 3.13. The molecule has 0 saturated heterocycles. The normalized spacial score (nSPS) is 11.0. The molecular formula is C18H14N2O3. The summed E-state index contributed by atoms with van der Waals surface area (Å²) in [5.74, 6) is -0.496. The molecule has 0 saturated carbocycles. The van der Waals surface area contributed by atoms with Crippen LogP contribution in [0.15, 0.2) is 65.8 Å². The Labute approximate surface area is 132 Å². The Balaban J connectivity index is 1.80. The summed E-state index contributed by atoms with van der Waals surface area (Å²) in [6.45, 7) is 0. The molecule has 0 aliphatic carbocycles. The van der Waals surface area contributed by atoms with E-state index in [0.717, 1.165) is 10.8 Å². The van der Waals surface area contributed by atoms with Gasteiger partial charge < -0.3 is 10.2 Å². The van der Waals surface area contributed by atoms with Crippen molar-refractivity contribution < 1.29 is 15.0 Å². The van der Waals surface area contributed by atoms with Crippen LogP contribution in [0.2, 0.25) is 0 Å². The van der Waals surface area contributed by atoms with Gasteiger partial charge in [0.05, 0.1) is 6.21 Å². The number of nitrogens with zero attached hydrogens (tertiary/aromatic N) is 1. The van der Waals surface area contributed by atoms with E-state index < -0.39 is 0 Å². The third-order valence-corrected chi connectivity index (χ3v) is 3.42. The lowest BCUT2D eigenvalue weighted by molar-refractivity contribution is 0.0956. The van der Waals surface area contributed by atoms with E-state index in [1.54, 1.807) is 6.07 Å². The second-order valence-electron chi connectivity index (χ2n) is 4.97. The van der Waals surface area contributed by atoms with Crippen molar-refractivity contribution in [1.82, 2.24) is 5.43 Å². The Bertz CT molecular complexity index is 898. The number of aromatic hydroxyl groups is 2. The molecule has 0 bridgehead atoms. The van der Waals surface area contributed by atoms with Crippen LogP contribution in [0.5, 0.6) is 11.5 Å². The average molecular weight is 306 g/mol. The highest BCUT2D eigenvalue weighted by Crippen LogP contribution is 2.21. The summed E-state index contributed by atoms with van der Waals surface area (Å²) in [6, 6.07) is 17.2. The summed E-state index contributed by atoms with van der Waals surface area (Å²) in [6.07, 6.45) is 1.32. The number of benzene rings is 3. The van der Waals surface area contributed by atoms with Gasteiger partial charge in [-0.15, -0.1) is 0 Å². The minimum atomic E-state index is -0.337. The van der Waals surface area contributed by atoms with Gasteiger partial charge in [0.15, 0.2) is 0 Å². The number of carbonyl (C=O) groups is 1. The standard InChI is InChI=1S/C18H14N2O3/c21-14-9-8-13(17(22)10-14)11-19-20-18(23)16-7-3-5-12-4-1-2-6-15(12)16/h1-11,21-22H,(H,20,23)/b19-11+. The van der Waals surface area contributed by atoms with Crippen LogP contribution in [0.25, 0.3) is 10.8 Å². The molecule has 3 aromatic rings. The molecule has 0 heterocycles. The summed E-state index contributed by atoms with van der Waals surface area (Å²) in [4.78, 5) is 12.3. The van der Waals surface area contributed by atoms with Crippen molar-refractivity contribution in [2.75, 3.05) is 0 Å². The fraction of sp³-hybridized carbons (Fsp3) is 0. The number of nitrogens with one attached hydrogen (secondary N) is 1. The largest absolute Gasteiger partial charge is 0.508 e. The van der Waals surface area contributed by atoms with Gasteiger partial charge in [-0.05, 0) is 29.0 Å². The highest BCUT2D eigenvalue weighted by molar-refractivity contribution is 6.07. The monoisotopic (exact) mass is 306 g/mol. The molecule has 0 fully saturated rings. The van der Waals surface area contributed by atoms with Crippen LogP contribution < -0.4 is 5.43 Å². The second kappa shape index (κ2) is 6.19. The maximum absolute atomic E-state index is 12.3. The predicted octanol–water partition coefficient (Wildman–Crippen LogP) is 3.01. The Kier molecular flexibility index (Phi) is 3.93. The second-order valence-corrected chi connectivity index (χ2v) is 4.97. The topological polar surface area (TPSA) is 81.9 Å². The van der Waals surface area contributed by atoms with Gasteiger partial charge in [0.1, 0.15) is 11.5 Å². The van der Waals surface area contributed by atoms with E-state index in [-0.39, 0.29) is 17.4 Å². The van der Waals surface area contributed by atoms with Gasteiger partial charge in [0.2, 0.25) is 0 Å². The molecule has 3 N–H and O–H groups in total. The van der Waals surface area contributed by atoms with E-state index in [1.807, 2.05) is 36.4 Å². The van der Waals surface area contributed by atoms with Crippen molar-refractivity contribution in [3.63, 3.8) is 0 Å². The van der Waals surface area contributed by atoms with E-state index in [1.165, 1.54) is 24.4 Å². The molecule has 0 aliphatic heterocycles. The zero-order valence-electron chi connectivity index (χ0n) is 12.1. The molecule has 0 unspecified atom stereocenters. The Morgan fingerprint density at radius 3 is 2.61 bits per heavy atom. The van der Waals surface area contributed by atoms with E-state index in [4.69, 9.17) is 0 Å². The smallest absolute Gasteiger partial charge is 0.271 e. The molecule has 0 aromatic heterocycles. The van der Waals surface area contributed by atoms with Gasteiger partial charge in [-0.1, -0.05) is 36.4 Å². The molecule has 5 nitrogen and oxygen atoms in total. The first-order chi connectivity index (χ1) is 11.1. The fourth-order valence-corrected chi connectivity index (χ4v) is 2.29. The van der Waals surface area contributed by atoms with Crippen molar-refractivity contribution in [1.29, 1.82) is 0 Å². The van der Waals surface area contributed by atoms with Crippen LogP contribution in [0.1, 0.15) is 15.9 Å².